The van der Waals surface area contributed by atoms with E-state index in [0.717, 1.165) is 30.2 Å². The van der Waals surface area contributed by atoms with Crippen LogP contribution in [0, 0.1) is 5.92 Å². The lowest BCUT2D eigenvalue weighted by molar-refractivity contribution is 0.285. The monoisotopic (exact) mass is 227 g/mol. The molecule has 2 saturated heterocycles. The minimum atomic E-state index is 0. The normalized spacial score (nSPS) is 33.7. The molecule has 2 bridgehead atoms. The molecule has 1 N–H and O–H groups in total. The van der Waals surface area contributed by atoms with Crippen molar-refractivity contribution in [2.45, 2.75) is 44.2 Å². The van der Waals surface area contributed by atoms with Gasteiger partial charge in [0.2, 0.25) is 0 Å². The van der Waals surface area contributed by atoms with Crippen molar-refractivity contribution < 1.29 is 4.42 Å². The van der Waals surface area contributed by atoms with E-state index in [2.05, 4.69) is 11.4 Å². The van der Waals surface area contributed by atoms with Crippen LogP contribution in [0.1, 0.15) is 31.4 Å². The second kappa shape index (κ2) is 4.58. The van der Waals surface area contributed by atoms with Crippen molar-refractivity contribution >= 4 is 12.4 Å². The van der Waals surface area contributed by atoms with E-state index in [1.807, 2.05) is 6.07 Å². The molecule has 15 heavy (non-hydrogen) atoms. The van der Waals surface area contributed by atoms with Crippen LogP contribution in [0.5, 0.6) is 0 Å². The van der Waals surface area contributed by atoms with E-state index in [0.29, 0.717) is 0 Å². The molecule has 0 saturated carbocycles. The average Bonchev–Trinajstić information content (AvgIpc) is 2.77. The Hall–Kier alpha value is -0.470. The van der Waals surface area contributed by atoms with Gasteiger partial charge in [-0.3, -0.25) is 0 Å². The molecule has 0 spiro atoms. The summed E-state index contributed by atoms with van der Waals surface area (Å²) in [6.45, 7) is 0. The number of furan rings is 1. The molecule has 2 aliphatic heterocycles. The maximum absolute atomic E-state index is 5.41. The SMILES string of the molecule is Cl.c1coc(CC2CC3CCC(C2)N3)c1. The van der Waals surface area contributed by atoms with E-state index >= 15 is 0 Å². The maximum Gasteiger partial charge on any atom is 0.104 e. The fraction of sp³-hybridized carbons (Fsp3) is 0.667. The largest absolute Gasteiger partial charge is 0.469 e. The summed E-state index contributed by atoms with van der Waals surface area (Å²) in [6.07, 6.45) is 8.39. The third-order valence-electron chi connectivity index (χ3n) is 3.64. The standard InChI is InChI=1S/C12H17NO.ClH/c1-2-12(14-5-1)8-9-6-10-3-4-11(7-9)13-10;/h1-2,5,9-11,13H,3-4,6-8H2;1H. The topological polar surface area (TPSA) is 25.2 Å². The lowest BCUT2D eigenvalue weighted by Gasteiger charge is -2.28. The molecule has 3 rings (SSSR count). The Balaban J connectivity index is 0.000000853. The molecule has 2 aliphatic rings. The summed E-state index contributed by atoms with van der Waals surface area (Å²) < 4.78 is 5.41. The first-order valence-corrected chi connectivity index (χ1v) is 5.68. The summed E-state index contributed by atoms with van der Waals surface area (Å²) in [7, 11) is 0. The van der Waals surface area contributed by atoms with Crippen molar-refractivity contribution in [1.82, 2.24) is 5.32 Å². The van der Waals surface area contributed by atoms with Gasteiger partial charge in [-0.15, -0.1) is 12.4 Å². The number of halogens is 1. The van der Waals surface area contributed by atoms with Crippen molar-refractivity contribution in [2.24, 2.45) is 5.92 Å². The van der Waals surface area contributed by atoms with E-state index in [4.69, 9.17) is 4.42 Å². The second-order valence-corrected chi connectivity index (χ2v) is 4.76. The number of hydrogen-bond donors (Lipinski definition) is 1. The van der Waals surface area contributed by atoms with Crippen LogP contribution in [0.2, 0.25) is 0 Å². The van der Waals surface area contributed by atoms with Gasteiger partial charge in [-0.2, -0.15) is 0 Å². The molecular formula is C12H18ClNO. The summed E-state index contributed by atoms with van der Waals surface area (Å²) >= 11 is 0. The van der Waals surface area contributed by atoms with Crippen LogP contribution in [-0.2, 0) is 6.42 Å². The van der Waals surface area contributed by atoms with Crippen molar-refractivity contribution in [3.05, 3.63) is 24.2 Å². The Morgan fingerprint density at radius 3 is 2.60 bits per heavy atom. The molecule has 0 aromatic carbocycles. The lowest BCUT2D eigenvalue weighted by Crippen LogP contribution is -2.38. The van der Waals surface area contributed by atoms with Crippen molar-refractivity contribution in [3.8, 4) is 0 Å². The highest BCUT2D eigenvalue weighted by molar-refractivity contribution is 5.85. The van der Waals surface area contributed by atoms with Crippen molar-refractivity contribution in [3.63, 3.8) is 0 Å². The predicted octanol–water partition coefficient (Wildman–Crippen LogP) is 2.77. The quantitative estimate of drug-likeness (QED) is 0.841. The van der Waals surface area contributed by atoms with E-state index < -0.39 is 0 Å². The van der Waals surface area contributed by atoms with E-state index in [9.17, 15) is 0 Å². The molecule has 84 valence electrons. The highest BCUT2D eigenvalue weighted by Gasteiger charge is 2.33. The molecule has 2 fully saturated rings. The molecule has 3 heterocycles. The van der Waals surface area contributed by atoms with Gasteiger partial charge in [0, 0.05) is 18.5 Å². The number of fused-ring (bicyclic) bond motifs is 2. The zero-order valence-corrected chi connectivity index (χ0v) is 9.63. The number of rotatable bonds is 2. The van der Waals surface area contributed by atoms with Gasteiger partial charge < -0.3 is 9.73 Å². The van der Waals surface area contributed by atoms with Crippen LogP contribution < -0.4 is 5.32 Å². The zero-order valence-electron chi connectivity index (χ0n) is 8.82. The highest BCUT2D eigenvalue weighted by atomic mass is 35.5. The third kappa shape index (κ3) is 2.37. The Bertz CT molecular complexity index is 287. The fourth-order valence-corrected chi connectivity index (χ4v) is 3.06. The molecule has 0 radical (unpaired) electrons. The van der Waals surface area contributed by atoms with Crippen LogP contribution in [-0.4, -0.2) is 12.1 Å². The minimum Gasteiger partial charge on any atom is -0.469 e. The molecule has 0 aliphatic carbocycles. The zero-order chi connectivity index (χ0) is 9.38. The molecule has 1 aromatic rings. The van der Waals surface area contributed by atoms with E-state index in [-0.39, 0.29) is 12.4 Å². The predicted molar refractivity (Wildman–Crippen MR) is 62.3 cm³/mol. The fourth-order valence-electron chi connectivity index (χ4n) is 3.06. The van der Waals surface area contributed by atoms with E-state index in [1.54, 1.807) is 6.26 Å². The molecule has 2 nitrogen and oxygen atoms in total. The van der Waals surface area contributed by atoms with Crippen LogP contribution in [0.4, 0.5) is 0 Å². The average molecular weight is 228 g/mol. The first-order valence-electron chi connectivity index (χ1n) is 5.68. The first kappa shape index (κ1) is 11.0. The van der Waals surface area contributed by atoms with Crippen molar-refractivity contribution in [1.29, 1.82) is 0 Å². The minimum absolute atomic E-state index is 0. The maximum atomic E-state index is 5.41. The van der Waals surface area contributed by atoms with Gasteiger partial charge in [0.25, 0.3) is 0 Å². The molecule has 0 amide bonds. The van der Waals surface area contributed by atoms with Crippen LogP contribution in [0.25, 0.3) is 0 Å². The van der Waals surface area contributed by atoms with Gasteiger partial charge in [0.15, 0.2) is 0 Å². The summed E-state index contributed by atoms with van der Waals surface area (Å²) in [4.78, 5) is 0. The van der Waals surface area contributed by atoms with Gasteiger partial charge in [-0.25, -0.2) is 0 Å². The lowest BCUT2D eigenvalue weighted by atomic mass is 9.89. The van der Waals surface area contributed by atoms with Crippen molar-refractivity contribution in [2.75, 3.05) is 0 Å². The van der Waals surface area contributed by atoms with E-state index in [1.165, 1.54) is 25.7 Å². The van der Waals surface area contributed by atoms with Gasteiger partial charge in [-0.05, 0) is 43.7 Å². The molecule has 1 aromatic heterocycles. The van der Waals surface area contributed by atoms with Crippen LogP contribution >= 0.6 is 12.4 Å². The Kier molecular flexibility index (Phi) is 3.37. The number of nitrogens with one attached hydrogen (secondary N) is 1. The van der Waals surface area contributed by atoms with Crippen LogP contribution in [0.15, 0.2) is 22.8 Å². The number of piperidine rings is 1. The summed E-state index contributed by atoms with van der Waals surface area (Å²) in [6, 6.07) is 5.69. The molecular weight excluding hydrogens is 210 g/mol. The molecule has 2 unspecified atom stereocenters. The van der Waals surface area contributed by atoms with Gasteiger partial charge in [0.1, 0.15) is 5.76 Å². The van der Waals surface area contributed by atoms with Crippen LogP contribution in [0.3, 0.4) is 0 Å². The van der Waals surface area contributed by atoms with Gasteiger partial charge in [0.05, 0.1) is 6.26 Å². The Morgan fingerprint density at radius 1 is 1.27 bits per heavy atom. The molecule has 3 heteroatoms. The number of hydrogen-bond acceptors (Lipinski definition) is 2. The summed E-state index contributed by atoms with van der Waals surface area (Å²) in [5, 5.41) is 3.67. The Labute approximate surface area is 96.8 Å². The van der Waals surface area contributed by atoms with Gasteiger partial charge >= 0.3 is 0 Å². The summed E-state index contributed by atoms with van der Waals surface area (Å²) in [5.74, 6) is 2.01. The molecule has 2 atom stereocenters. The third-order valence-corrected chi connectivity index (χ3v) is 3.64. The highest BCUT2D eigenvalue weighted by Crippen LogP contribution is 2.32. The first-order chi connectivity index (χ1) is 6.90. The second-order valence-electron chi connectivity index (χ2n) is 4.76. The van der Waals surface area contributed by atoms with Gasteiger partial charge in [-0.1, -0.05) is 0 Å². The Morgan fingerprint density at radius 2 is 2.00 bits per heavy atom. The smallest absolute Gasteiger partial charge is 0.104 e. The summed E-state index contributed by atoms with van der Waals surface area (Å²) in [5.41, 5.74) is 0.